The Labute approximate surface area is 113 Å². The van der Waals surface area contributed by atoms with Crippen LogP contribution >= 0.6 is 0 Å². The molecule has 0 bridgehead atoms. The van der Waals surface area contributed by atoms with Crippen LogP contribution in [-0.2, 0) is 0 Å². The Hall–Kier alpha value is -2.17. The van der Waals surface area contributed by atoms with Crippen molar-refractivity contribution in [3.63, 3.8) is 0 Å². The smallest absolute Gasteiger partial charge is 0.154 e. The summed E-state index contributed by atoms with van der Waals surface area (Å²) in [7, 11) is 1.63. The molecule has 0 aliphatic rings. The van der Waals surface area contributed by atoms with Crippen LogP contribution in [0.3, 0.4) is 0 Å². The summed E-state index contributed by atoms with van der Waals surface area (Å²) in [6.45, 7) is 6.69. The molecule has 5 heteroatoms. The summed E-state index contributed by atoms with van der Waals surface area (Å²) in [5, 5.41) is 3.22. The van der Waals surface area contributed by atoms with E-state index in [0.717, 1.165) is 29.4 Å². The van der Waals surface area contributed by atoms with E-state index in [1.54, 1.807) is 13.3 Å². The zero-order valence-electron chi connectivity index (χ0n) is 11.7. The normalized spacial score (nSPS) is 10.3. The van der Waals surface area contributed by atoms with Crippen molar-refractivity contribution in [3.05, 3.63) is 29.7 Å². The van der Waals surface area contributed by atoms with Gasteiger partial charge in [-0.25, -0.2) is 9.97 Å². The molecule has 100 valence electrons. The van der Waals surface area contributed by atoms with Gasteiger partial charge < -0.3 is 10.1 Å². The Morgan fingerprint density at radius 2 is 1.89 bits per heavy atom. The topological polar surface area (TPSA) is 59.9 Å². The standard InChI is InChI=1S/C14H18N4O/c1-5-15-14-13(17-9(2)10(3)18-14)12-11(19-4)7-6-8-16-12/h6-8H,5H2,1-4H3,(H,15,18). The number of ether oxygens (including phenoxy) is 1. The number of rotatable bonds is 4. The lowest BCUT2D eigenvalue weighted by atomic mass is 10.2. The lowest BCUT2D eigenvalue weighted by Gasteiger charge is -2.13. The van der Waals surface area contributed by atoms with Crippen LogP contribution in [-0.4, -0.2) is 28.6 Å². The molecule has 5 nitrogen and oxygen atoms in total. The van der Waals surface area contributed by atoms with Crippen molar-refractivity contribution >= 4 is 5.82 Å². The van der Waals surface area contributed by atoms with Crippen molar-refractivity contribution in [2.24, 2.45) is 0 Å². The van der Waals surface area contributed by atoms with Gasteiger partial charge in [-0.15, -0.1) is 0 Å². The SMILES string of the molecule is CCNc1nc(C)c(C)nc1-c1ncccc1OC. The van der Waals surface area contributed by atoms with Crippen molar-refractivity contribution < 1.29 is 4.74 Å². The predicted molar refractivity (Wildman–Crippen MR) is 75.5 cm³/mol. The lowest BCUT2D eigenvalue weighted by Crippen LogP contribution is -2.07. The van der Waals surface area contributed by atoms with E-state index in [4.69, 9.17) is 4.74 Å². The summed E-state index contributed by atoms with van der Waals surface area (Å²) >= 11 is 0. The summed E-state index contributed by atoms with van der Waals surface area (Å²) in [4.78, 5) is 13.5. The number of aromatic nitrogens is 3. The lowest BCUT2D eigenvalue weighted by molar-refractivity contribution is 0.414. The van der Waals surface area contributed by atoms with E-state index in [0.29, 0.717) is 11.4 Å². The van der Waals surface area contributed by atoms with Gasteiger partial charge in [-0.05, 0) is 32.9 Å². The molecule has 0 spiro atoms. The van der Waals surface area contributed by atoms with E-state index >= 15 is 0 Å². The van der Waals surface area contributed by atoms with Crippen LogP contribution in [0, 0.1) is 13.8 Å². The fourth-order valence-corrected chi connectivity index (χ4v) is 1.79. The van der Waals surface area contributed by atoms with Gasteiger partial charge in [-0.3, -0.25) is 4.98 Å². The van der Waals surface area contributed by atoms with Crippen molar-refractivity contribution in [2.75, 3.05) is 19.0 Å². The minimum Gasteiger partial charge on any atom is -0.494 e. The highest BCUT2D eigenvalue weighted by Gasteiger charge is 2.15. The van der Waals surface area contributed by atoms with Crippen LogP contribution in [0.15, 0.2) is 18.3 Å². The molecule has 0 saturated carbocycles. The first-order valence-electron chi connectivity index (χ1n) is 6.25. The highest BCUT2D eigenvalue weighted by molar-refractivity contribution is 5.73. The van der Waals surface area contributed by atoms with Crippen LogP contribution in [0.2, 0.25) is 0 Å². The third-order valence-corrected chi connectivity index (χ3v) is 2.87. The summed E-state index contributed by atoms with van der Waals surface area (Å²) < 4.78 is 5.34. The maximum Gasteiger partial charge on any atom is 0.154 e. The van der Waals surface area contributed by atoms with Gasteiger partial charge in [0.25, 0.3) is 0 Å². The second-order valence-electron chi connectivity index (χ2n) is 4.18. The summed E-state index contributed by atoms with van der Waals surface area (Å²) in [5.41, 5.74) is 3.23. The van der Waals surface area contributed by atoms with Gasteiger partial charge in [0.2, 0.25) is 0 Å². The first-order chi connectivity index (χ1) is 9.17. The van der Waals surface area contributed by atoms with Crippen LogP contribution in [0.4, 0.5) is 5.82 Å². The largest absolute Gasteiger partial charge is 0.494 e. The number of aryl methyl sites for hydroxylation is 2. The zero-order chi connectivity index (χ0) is 13.8. The molecular weight excluding hydrogens is 240 g/mol. The minimum absolute atomic E-state index is 0.694. The average molecular weight is 258 g/mol. The molecule has 0 saturated heterocycles. The molecule has 0 aromatic carbocycles. The van der Waals surface area contributed by atoms with Gasteiger partial charge >= 0.3 is 0 Å². The number of pyridine rings is 1. The highest BCUT2D eigenvalue weighted by atomic mass is 16.5. The fourth-order valence-electron chi connectivity index (χ4n) is 1.79. The number of methoxy groups -OCH3 is 1. The number of hydrogen-bond acceptors (Lipinski definition) is 5. The monoisotopic (exact) mass is 258 g/mol. The molecule has 0 aliphatic carbocycles. The van der Waals surface area contributed by atoms with Crippen LogP contribution in [0.5, 0.6) is 5.75 Å². The van der Waals surface area contributed by atoms with Gasteiger partial charge in [0.05, 0.1) is 18.5 Å². The molecule has 2 aromatic heterocycles. The maximum absolute atomic E-state index is 5.34. The first-order valence-corrected chi connectivity index (χ1v) is 6.25. The van der Waals surface area contributed by atoms with Crippen LogP contribution < -0.4 is 10.1 Å². The molecule has 2 heterocycles. The highest BCUT2D eigenvalue weighted by Crippen LogP contribution is 2.30. The summed E-state index contributed by atoms with van der Waals surface area (Å²) in [6, 6.07) is 3.71. The van der Waals surface area contributed by atoms with Crippen molar-refractivity contribution in [1.29, 1.82) is 0 Å². The molecule has 19 heavy (non-hydrogen) atoms. The molecule has 0 amide bonds. The fraction of sp³-hybridized carbons (Fsp3) is 0.357. The van der Waals surface area contributed by atoms with Gasteiger partial charge in [-0.2, -0.15) is 0 Å². The number of anilines is 1. The Morgan fingerprint density at radius 1 is 1.16 bits per heavy atom. The van der Waals surface area contributed by atoms with E-state index in [-0.39, 0.29) is 0 Å². The van der Waals surface area contributed by atoms with E-state index in [2.05, 4.69) is 20.3 Å². The number of nitrogens with zero attached hydrogens (tertiary/aromatic N) is 3. The second-order valence-corrected chi connectivity index (χ2v) is 4.18. The van der Waals surface area contributed by atoms with E-state index in [1.807, 2.05) is 32.9 Å². The molecule has 1 N–H and O–H groups in total. The molecule has 2 aromatic rings. The van der Waals surface area contributed by atoms with Crippen LogP contribution in [0.1, 0.15) is 18.3 Å². The van der Waals surface area contributed by atoms with Gasteiger partial charge in [-0.1, -0.05) is 0 Å². The van der Waals surface area contributed by atoms with E-state index in [9.17, 15) is 0 Å². The first kappa shape index (κ1) is 13.3. The third-order valence-electron chi connectivity index (χ3n) is 2.87. The average Bonchev–Trinajstić information content (AvgIpc) is 2.43. The van der Waals surface area contributed by atoms with Gasteiger partial charge in [0, 0.05) is 12.7 Å². The van der Waals surface area contributed by atoms with Crippen molar-refractivity contribution in [3.8, 4) is 17.1 Å². The number of hydrogen-bond donors (Lipinski definition) is 1. The Balaban J connectivity index is 2.62. The predicted octanol–water partition coefficient (Wildman–Crippen LogP) is 2.60. The molecule has 0 atom stereocenters. The van der Waals surface area contributed by atoms with Crippen molar-refractivity contribution in [1.82, 2.24) is 15.0 Å². The number of nitrogens with one attached hydrogen (secondary N) is 1. The molecular formula is C14H18N4O. The van der Waals surface area contributed by atoms with E-state index in [1.165, 1.54) is 0 Å². The maximum atomic E-state index is 5.34. The molecule has 2 rings (SSSR count). The van der Waals surface area contributed by atoms with Gasteiger partial charge in [0.15, 0.2) is 5.82 Å². The van der Waals surface area contributed by atoms with Gasteiger partial charge in [0.1, 0.15) is 17.1 Å². The Morgan fingerprint density at radius 3 is 2.58 bits per heavy atom. The van der Waals surface area contributed by atoms with Crippen LogP contribution in [0.25, 0.3) is 11.4 Å². The van der Waals surface area contributed by atoms with Crippen molar-refractivity contribution in [2.45, 2.75) is 20.8 Å². The zero-order valence-corrected chi connectivity index (χ0v) is 11.7. The summed E-state index contributed by atoms with van der Waals surface area (Å²) in [6.07, 6.45) is 1.73. The Kier molecular flexibility index (Phi) is 3.94. The molecule has 0 radical (unpaired) electrons. The quantitative estimate of drug-likeness (QED) is 0.913. The summed E-state index contributed by atoms with van der Waals surface area (Å²) in [5.74, 6) is 1.43. The van der Waals surface area contributed by atoms with E-state index < -0.39 is 0 Å². The minimum atomic E-state index is 0.694. The molecule has 0 aliphatic heterocycles. The molecule has 0 fully saturated rings. The second kappa shape index (κ2) is 5.65. The Bertz CT molecular complexity index is 584. The molecule has 0 unspecified atom stereocenters. The third kappa shape index (κ3) is 2.65.